The molecule has 0 radical (unpaired) electrons. The first kappa shape index (κ1) is 16.3. The van der Waals surface area contributed by atoms with Crippen LogP contribution in [0.3, 0.4) is 0 Å². The van der Waals surface area contributed by atoms with E-state index < -0.39 is 19.9 Å². The number of carbonyl (C=O) groups is 1. The monoisotopic (exact) mass is 380 g/mol. The Morgan fingerprint density at radius 3 is 2.31 bits per heavy atom. The standard InChI is InChI=1S/C7H11Br2O6P/c1-5(2)7(10)12-4-6(3)13-16(11,14-8)15-9/h6H,1,4H2,2-3H3. The van der Waals surface area contributed by atoms with Gasteiger partial charge in [-0.2, -0.15) is 0 Å². The summed E-state index contributed by atoms with van der Waals surface area (Å²) in [6, 6.07) is 0. The fourth-order valence-electron chi connectivity index (χ4n) is 0.610. The summed E-state index contributed by atoms with van der Waals surface area (Å²) in [5, 5.41) is 0. The molecule has 0 aliphatic heterocycles. The smallest absolute Gasteiger partial charge is 0.460 e. The molecular formula is C7H11Br2O6P. The number of hydrogen-bond donors (Lipinski definition) is 0. The van der Waals surface area contributed by atoms with Crippen LogP contribution in [0.25, 0.3) is 0 Å². The molecule has 0 spiro atoms. The third-order valence-corrected chi connectivity index (χ3v) is 4.36. The highest BCUT2D eigenvalue weighted by molar-refractivity contribution is 9.07. The van der Waals surface area contributed by atoms with Gasteiger partial charge < -0.3 is 4.74 Å². The van der Waals surface area contributed by atoms with E-state index in [9.17, 15) is 9.36 Å². The molecule has 16 heavy (non-hydrogen) atoms. The zero-order chi connectivity index (χ0) is 12.8. The van der Waals surface area contributed by atoms with Crippen molar-refractivity contribution < 1.29 is 25.9 Å². The third-order valence-electron chi connectivity index (χ3n) is 1.28. The van der Waals surface area contributed by atoms with Crippen LogP contribution >= 0.6 is 40.3 Å². The Hall–Kier alpha value is 0.280. The maximum Gasteiger partial charge on any atom is 0.497 e. The topological polar surface area (TPSA) is 71.1 Å². The van der Waals surface area contributed by atoms with E-state index in [4.69, 9.17) is 9.26 Å². The van der Waals surface area contributed by atoms with Crippen molar-refractivity contribution in [2.24, 2.45) is 0 Å². The van der Waals surface area contributed by atoms with Crippen LogP contribution in [0.15, 0.2) is 12.2 Å². The van der Waals surface area contributed by atoms with Gasteiger partial charge in [0, 0.05) is 5.57 Å². The minimum absolute atomic E-state index is 0.0948. The van der Waals surface area contributed by atoms with Gasteiger partial charge in [0.05, 0.1) is 0 Å². The molecule has 1 atom stereocenters. The van der Waals surface area contributed by atoms with Gasteiger partial charge in [0.2, 0.25) is 0 Å². The van der Waals surface area contributed by atoms with E-state index in [1.807, 2.05) is 0 Å². The molecule has 0 aliphatic rings. The van der Waals surface area contributed by atoms with Crippen molar-refractivity contribution in [1.29, 1.82) is 0 Å². The number of rotatable bonds is 7. The Morgan fingerprint density at radius 1 is 1.44 bits per heavy atom. The van der Waals surface area contributed by atoms with Crippen LogP contribution in [0, 0.1) is 0 Å². The fourth-order valence-corrected chi connectivity index (χ4v) is 2.44. The molecule has 0 N–H and O–H groups in total. The Kier molecular flexibility index (Phi) is 7.71. The van der Waals surface area contributed by atoms with E-state index in [1.54, 1.807) is 0 Å². The molecular weight excluding hydrogens is 371 g/mol. The number of carbonyl (C=O) groups excluding carboxylic acids is 1. The largest absolute Gasteiger partial charge is 0.497 e. The lowest BCUT2D eigenvalue weighted by molar-refractivity contribution is -0.141. The lowest BCUT2D eigenvalue weighted by atomic mass is 10.3. The average molecular weight is 382 g/mol. The van der Waals surface area contributed by atoms with Gasteiger partial charge in [-0.1, -0.05) is 6.58 Å². The molecule has 0 aromatic rings. The molecule has 0 heterocycles. The van der Waals surface area contributed by atoms with Crippen LogP contribution < -0.4 is 0 Å². The second-order valence-electron chi connectivity index (χ2n) is 2.88. The second kappa shape index (κ2) is 7.58. The fraction of sp³-hybridized carbons (Fsp3) is 0.571. The van der Waals surface area contributed by atoms with E-state index in [0.717, 1.165) is 0 Å². The van der Waals surface area contributed by atoms with Gasteiger partial charge in [0.1, 0.15) is 45.2 Å². The molecule has 0 amide bonds. The first-order valence-electron chi connectivity index (χ1n) is 4.06. The van der Waals surface area contributed by atoms with Crippen molar-refractivity contribution in [2.45, 2.75) is 20.0 Å². The normalized spacial score (nSPS) is 13.2. The molecule has 1 unspecified atom stereocenters. The molecule has 0 saturated heterocycles. The van der Waals surface area contributed by atoms with Crippen LogP contribution in [-0.2, 0) is 25.9 Å². The highest BCUT2D eigenvalue weighted by atomic mass is 79.9. The first-order valence-corrected chi connectivity index (χ1v) is 6.82. The summed E-state index contributed by atoms with van der Waals surface area (Å²) in [6.07, 6.45) is -0.663. The molecule has 0 aromatic heterocycles. The summed E-state index contributed by atoms with van der Waals surface area (Å²) in [5.41, 5.74) is 0.267. The number of halogens is 2. The summed E-state index contributed by atoms with van der Waals surface area (Å²) in [5.74, 6) is -0.551. The van der Waals surface area contributed by atoms with Crippen LogP contribution in [0.1, 0.15) is 13.8 Å². The molecule has 0 rings (SSSR count). The summed E-state index contributed by atoms with van der Waals surface area (Å²) in [4.78, 5) is 11.0. The van der Waals surface area contributed by atoms with Crippen LogP contribution in [0.2, 0.25) is 0 Å². The van der Waals surface area contributed by atoms with Gasteiger partial charge >= 0.3 is 13.8 Å². The van der Waals surface area contributed by atoms with Crippen LogP contribution in [-0.4, -0.2) is 18.7 Å². The SMILES string of the molecule is C=C(C)C(=O)OCC(C)OP(=O)(OBr)OBr. The average Bonchev–Trinajstić information content (AvgIpc) is 2.25. The first-order chi connectivity index (χ1) is 7.34. The highest BCUT2D eigenvalue weighted by Gasteiger charge is 2.29. The lowest BCUT2D eigenvalue weighted by Gasteiger charge is -2.16. The molecule has 0 saturated carbocycles. The molecule has 0 aromatic carbocycles. The number of hydrogen-bond acceptors (Lipinski definition) is 6. The van der Waals surface area contributed by atoms with Gasteiger partial charge in [-0.15, -0.1) is 0 Å². The predicted octanol–water partition coefficient (Wildman–Crippen LogP) is 3.27. The number of ether oxygens (including phenoxy) is 1. The van der Waals surface area contributed by atoms with E-state index in [0.29, 0.717) is 0 Å². The van der Waals surface area contributed by atoms with E-state index in [2.05, 4.69) is 46.3 Å². The van der Waals surface area contributed by atoms with Crippen LogP contribution in [0.4, 0.5) is 0 Å². The maximum absolute atomic E-state index is 11.4. The summed E-state index contributed by atoms with van der Waals surface area (Å²) in [7, 11) is -3.70. The predicted molar refractivity (Wildman–Crippen MR) is 64.0 cm³/mol. The van der Waals surface area contributed by atoms with Crippen molar-refractivity contribution in [2.75, 3.05) is 6.61 Å². The van der Waals surface area contributed by atoms with Crippen molar-refractivity contribution in [3.8, 4) is 0 Å². The Morgan fingerprint density at radius 2 is 1.94 bits per heavy atom. The van der Waals surface area contributed by atoms with Crippen molar-refractivity contribution >= 4 is 46.3 Å². The van der Waals surface area contributed by atoms with Gasteiger partial charge in [0.15, 0.2) is 0 Å². The zero-order valence-electron chi connectivity index (χ0n) is 8.64. The van der Waals surface area contributed by atoms with Gasteiger partial charge in [0.25, 0.3) is 0 Å². The zero-order valence-corrected chi connectivity index (χ0v) is 12.7. The lowest BCUT2D eigenvalue weighted by Crippen LogP contribution is -2.18. The van der Waals surface area contributed by atoms with Gasteiger partial charge in [-0.3, -0.25) is 4.52 Å². The minimum Gasteiger partial charge on any atom is -0.460 e. The second-order valence-corrected chi connectivity index (χ2v) is 6.00. The number of esters is 1. The molecule has 9 heteroatoms. The molecule has 6 nitrogen and oxygen atoms in total. The van der Waals surface area contributed by atoms with E-state index >= 15 is 0 Å². The molecule has 0 fully saturated rings. The summed E-state index contributed by atoms with van der Waals surface area (Å²) < 4.78 is 29.7. The summed E-state index contributed by atoms with van der Waals surface area (Å²) >= 11 is 5.00. The van der Waals surface area contributed by atoms with Gasteiger partial charge in [-0.25, -0.2) is 16.6 Å². The Labute approximate surface area is 111 Å². The van der Waals surface area contributed by atoms with Crippen molar-refractivity contribution in [3.05, 3.63) is 12.2 Å². The minimum atomic E-state index is -3.70. The van der Waals surface area contributed by atoms with E-state index in [1.165, 1.54) is 13.8 Å². The number of phosphoric acid groups is 1. The molecule has 94 valence electrons. The van der Waals surface area contributed by atoms with Crippen molar-refractivity contribution in [3.63, 3.8) is 0 Å². The molecule has 0 aliphatic carbocycles. The van der Waals surface area contributed by atoms with Gasteiger partial charge in [-0.05, 0) is 13.8 Å². The highest BCUT2D eigenvalue weighted by Crippen LogP contribution is 2.54. The van der Waals surface area contributed by atoms with E-state index in [-0.39, 0.29) is 12.2 Å². The Balaban J connectivity index is 4.09. The molecule has 0 bridgehead atoms. The maximum atomic E-state index is 11.4. The quantitative estimate of drug-likeness (QED) is 0.383. The Bertz CT molecular complexity index is 299. The summed E-state index contributed by atoms with van der Waals surface area (Å²) in [6.45, 7) is 6.36. The van der Waals surface area contributed by atoms with Crippen LogP contribution in [0.5, 0.6) is 0 Å². The van der Waals surface area contributed by atoms with Crippen molar-refractivity contribution in [1.82, 2.24) is 0 Å². The third kappa shape index (κ3) is 6.12.